The van der Waals surface area contributed by atoms with E-state index >= 15 is 0 Å². The molecule has 1 aliphatic rings. The van der Waals surface area contributed by atoms with Crippen LogP contribution in [0.1, 0.15) is 40.0 Å². The van der Waals surface area contributed by atoms with Gasteiger partial charge in [0.2, 0.25) is 5.91 Å². The van der Waals surface area contributed by atoms with Gasteiger partial charge in [0.05, 0.1) is 6.04 Å². The molecule has 1 unspecified atom stereocenters. The van der Waals surface area contributed by atoms with E-state index in [9.17, 15) is 4.79 Å². The van der Waals surface area contributed by atoms with Crippen molar-refractivity contribution in [2.24, 2.45) is 11.7 Å². The number of likely N-dealkylation sites (N-methyl/N-ethyl adjacent to an activating group) is 1. The molecule has 100 valence electrons. The first-order valence-corrected chi connectivity index (χ1v) is 6.81. The smallest absolute Gasteiger partial charge is 0.234 e. The van der Waals surface area contributed by atoms with Crippen LogP contribution in [0.4, 0.5) is 0 Å². The largest absolute Gasteiger partial charge is 0.368 e. The average Bonchev–Trinajstić information content (AvgIpc) is 3.04. The summed E-state index contributed by atoms with van der Waals surface area (Å²) in [6.07, 6.45) is 3.46. The number of hydrogen-bond donors (Lipinski definition) is 2. The van der Waals surface area contributed by atoms with Gasteiger partial charge in [-0.3, -0.25) is 4.79 Å². The number of rotatable bonds is 9. The highest BCUT2D eigenvalue weighted by molar-refractivity contribution is 5.79. The number of carbonyl (C=O) groups excluding carboxylic acids is 1. The molecule has 17 heavy (non-hydrogen) atoms. The Labute approximate surface area is 105 Å². The average molecular weight is 241 g/mol. The molecule has 0 aromatic heterocycles. The van der Waals surface area contributed by atoms with Crippen LogP contribution >= 0.6 is 0 Å². The van der Waals surface area contributed by atoms with Crippen molar-refractivity contribution in [3.05, 3.63) is 0 Å². The van der Waals surface area contributed by atoms with E-state index in [-0.39, 0.29) is 11.9 Å². The number of carbonyl (C=O) groups is 1. The summed E-state index contributed by atoms with van der Waals surface area (Å²) in [5.74, 6) is 0.453. The summed E-state index contributed by atoms with van der Waals surface area (Å²) in [5, 5.41) is 3.15. The van der Waals surface area contributed by atoms with Crippen LogP contribution in [0.15, 0.2) is 0 Å². The van der Waals surface area contributed by atoms with Crippen LogP contribution in [-0.2, 0) is 4.79 Å². The molecular formula is C13H27N3O. The molecule has 0 saturated heterocycles. The molecule has 0 spiro atoms. The molecule has 4 heteroatoms. The van der Waals surface area contributed by atoms with Crippen LogP contribution in [0, 0.1) is 5.92 Å². The third-order valence-corrected chi connectivity index (χ3v) is 3.16. The SMILES string of the molecule is CCNC(CCN(CC(C)C)C1CC1)C(N)=O. The first-order chi connectivity index (χ1) is 8.04. The molecule has 1 saturated carbocycles. The van der Waals surface area contributed by atoms with Gasteiger partial charge in [-0.25, -0.2) is 0 Å². The van der Waals surface area contributed by atoms with Gasteiger partial charge in [-0.15, -0.1) is 0 Å². The van der Waals surface area contributed by atoms with Gasteiger partial charge in [0.15, 0.2) is 0 Å². The highest BCUT2D eigenvalue weighted by Crippen LogP contribution is 2.27. The maximum Gasteiger partial charge on any atom is 0.234 e. The molecule has 0 bridgehead atoms. The fraction of sp³-hybridized carbons (Fsp3) is 0.923. The van der Waals surface area contributed by atoms with Crippen LogP contribution < -0.4 is 11.1 Å². The Morgan fingerprint density at radius 2 is 2.12 bits per heavy atom. The fourth-order valence-electron chi connectivity index (χ4n) is 2.22. The first-order valence-electron chi connectivity index (χ1n) is 6.81. The van der Waals surface area contributed by atoms with Crippen LogP contribution in [0.3, 0.4) is 0 Å². The molecular weight excluding hydrogens is 214 g/mol. The third kappa shape index (κ3) is 5.50. The van der Waals surface area contributed by atoms with Crippen molar-refractivity contribution in [1.82, 2.24) is 10.2 Å². The number of amides is 1. The van der Waals surface area contributed by atoms with Gasteiger partial charge < -0.3 is 16.0 Å². The van der Waals surface area contributed by atoms with Crippen LogP contribution in [-0.4, -0.2) is 42.5 Å². The lowest BCUT2D eigenvalue weighted by molar-refractivity contribution is -0.120. The molecule has 1 atom stereocenters. The topological polar surface area (TPSA) is 58.4 Å². The highest BCUT2D eigenvalue weighted by atomic mass is 16.1. The summed E-state index contributed by atoms with van der Waals surface area (Å²) in [4.78, 5) is 13.8. The summed E-state index contributed by atoms with van der Waals surface area (Å²) < 4.78 is 0. The van der Waals surface area contributed by atoms with Crippen molar-refractivity contribution in [2.45, 2.75) is 52.1 Å². The number of nitrogens with zero attached hydrogens (tertiary/aromatic N) is 1. The Hall–Kier alpha value is -0.610. The second kappa shape index (κ2) is 6.97. The maximum absolute atomic E-state index is 11.3. The van der Waals surface area contributed by atoms with E-state index in [1.54, 1.807) is 0 Å². The number of nitrogens with one attached hydrogen (secondary N) is 1. The lowest BCUT2D eigenvalue weighted by Gasteiger charge is -2.25. The summed E-state index contributed by atoms with van der Waals surface area (Å²) in [5.41, 5.74) is 5.38. The van der Waals surface area contributed by atoms with E-state index in [0.717, 1.165) is 32.1 Å². The van der Waals surface area contributed by atoms with Gasteiger partial charge in [0.25, 0.3) is 0 Å². The van der Waals surface area contributed by atoms with Crippen LogP contribution in [0.25, 0.3) is 0 Å². The van der Waals surface area contributed by atoms with Gasteiger partial charge in [0, 0.05) is 19.1 Å². The molecule has 1 aliphatic carbocycles. The van der Waals surface area contributed by atoms with Gasteiger partial charge in [-0.2, -0.15) is 0 Å². The third-order valence-electron chi connectivity index (χ3n) is 3.16. The van der Waals surface area contributed by atoms with E-state index in [1.165, 1.54) is 12.8 Å². The molecule has 0 aliphatic heterocycles. The molecule has 1 amide bonds. The summed E-state index contributed by atoms with van der Waals surface area (Å²) in [6.45, 7) is 9.38. The molecule has 0 aromatic carbocycles. The maximum atomic E-state index is 11.3. The monoisotopic (exact) mass is 241 g/mol. The predicted octanol–water partition coefficient (Wildman–Crippen LogP) is 0.960. The first kappa shape index (κ1) is 14.5. The number of nitrogens with two attached hydrogens (primary N) is 1. The van der Waals surface area contributed by atoms with E-state index in [0.29, 0.717) is 5.92 Å². The van der Waals surface area contributed by atoms with Gasteiger partial charge in [-0.1, -0.05) is 20.8 Å². The van der Waals surface area contributed by atoms with Crippen molar-refractivity contribution >= 4 is 5.91 Å². The minimum Gasteiger partial charge on any atom is -0.368 e. The molecule has 0 aromatic rings. The van der Waals surface area contributed by atoms with Crippen LogP contribution in [0.5, 0.6) is 0 Å². The standard InChI is InChI=1S/C13H27N3O/c1-4-15-12(13(14)17)7-8-16(9-10(2)3)11-5-6-11/h10-12,15H,4-9H2,1-3H3,(H2,14,17). The van der Waals surface area contributed by atoms with Crippen molar-refractivity contribution in [3.8, 4) is 0 Å². The second-order valence-corrected chi connectivity index (χ2v) is 5.42. The zero-order chi connectivity index (χ0) is 12.8. The molecule has 0 heterocycles. The van der Waals surface area contributed by atoms with Gasteiger partial charge in [0.1, 0.15) is 0 Å². The molecule has 0 radical (unpaired) electrons. The normalized spacial score (nSPS) is 17.7. The van der Waals surface area contributed by atoms with Gasteiger partial charge in [-0.05, 0) is 31.7 Å². The Bertz CT molecular complexity index is 239. The number of hydrogen-bond acceptors (Lipinski definition) is 3. The molecule has 4 nitrogen and oxygen atoms in total. The summed E-state index contributed by atoms with van der Waals surface area (Å²) >= 11 is 0. The van der Waals surface area contributed by atoms with E-state index in [1.807, 2.05) is 6.92 Å². The van der Waals surface area contributed by atoms with E-state index < -0.39 is 0 Å². The van der Waals surface area contributed by atoms with E-state index in [2.05, 4.69) is 24.1 Å². The fourth-order valence-corrected chi connectivity index (χ4v) is 2.22. The minimum atomic E-state index is -0.229. The predicted molar refractivity (Wildman–Crippen MR) is 70.7 cm³/mol. The molecule has 3 N–H and O–H groups in total. The summed E-state index contributed by atoms with van der Waals surface area (Å²) in [6, 6.07) is 0.584. The van der Waals surface area contributed by atoms with Gasteiger partial charge >= 0.3 is 0 Å². The zero-order valence-electron chi connectivity index (χ0n) is 11.4. The lowest BCUT2D eigenvalue weighted by atomic mass is 10.1. The quantitative estimate of drug-likeness (QED) is 0.632. The van der Waals surface area contributed by atoms with Crippen molar-refractivity contribution in [3.63, 3.8) is 0 Å². The Balaban J connectivity index is 2.35. The Kier molecular flexibility index (Phi) is 5.92. The van der Waals surface area contributed by atoms with Crippen LogP contribution in [0.2, 0.25) is 0 Å². The Morgan fingerprint density at radius 3 is 2.53 bits per heavy atom. The molecule has 1 rings (SSSR count). The van der Waals surface area contributed by atoms with Crippen molar-refractivity contribution in [2.75, 3.05) is 19.6 Å². The second-order valence-electron chi connectivity index (χ2n) is 5.42. The Morgan fingerprint density at radius 1 is 1.47 bits per heavy atom. The minimum absolute atomic E-state index is 0.173. The lowest BCUT2D eigenvalue weighted by Crippen LogP contribution is -2.44. The summed E-state index contributed by atoms with van der Waals surface area (Å²) in [7, 11) is 0. The van der Waals surface area contributed by atoms with Crippen molar-refractivity contribution in [1.29, 1.82) is 0 Å². The molecule has 1 fully saturated rings. The zero-order valence-corrected chi connectivity index (χ0v) is 11.4. The number of primary amides is 1. The van der Waals surface area contributed by atoms with Crippen molar-refractivity contribution < 1.29 is 4.79 Å². The van der Waals surface area contributed by atoms with E-state index in [4.69, 9.17) is 5.73 Å². The highest BCUT2D eigenvalue weighted by Gasteiger charge is 2.29.